The second kappa shape index (κ2) is 14.6. The number of aliphatic hydroxyl groups is 1. The Labute approximate surface area is 202 Å². The maximum Gasteiger partial charge on any atom is 0.267 e. The molecule has 0 aliphatic heterocycles. The van der Waals surface area contributed by atoms with Gasteiger partial charge in [-0.2, -0.15) is 0 Å². The summed E-state index contributed by atoms with van der Waals surface area (Å²) in [5.74, 6) is 4.89. The fraction of sp³-hybridized carbons (Fsp3) is 1.00. The Bertz CT molecular complexity index is 587. The Kier molecular flexibility index (Phi) is 12.9. The van der Waals surface area contributed by atoms with Gasteiger partial charge in [-0.1, -0.05) is 72.1 Å². The van der Waals surface area contributed by atoms with Crippen LogP contribution in [-0.2, 0) is 18.3 Å². The highest BCUT2D eigenvalue weighted by Gasteiger charge is 2.42. The van der Waals surface area contributed by atoms with Gasteiger partial charge in [0.25, 0.3) is 7.82 Å². The van der Waals surface area contributed by atoms with E-state index in [0.717, 1.165) is 42.4 Å². The van der Waals surface area contributed by atoms with Crippen LogP contribution in [0.25, 0.3) is 0 Å². The minimum atomic E-state index is -4.34. The van der Waals surface area contributed by atoms with E-state index >= 15 is 0 Å². The molecule has 2 rings (SSSR count). The van der Waals surface area contributed by atoms with Crippen molar-refractivity contribution in [3.8, 4) is 0 Å². The first-order valence-corrected chi connectivity index (χ1v) is 14.9. The monoisotopic (exact) mass is 489 g/mol. The molecule has 2 aliphatic rings. The van der Waals surface area contributed by atoms with Gasteiger partial charge in [0.2, 0.25) is 0 Å². The van der Waals surface area contributed by atoms with E-state index in [4.69, 9.17) is 13.8 Å². The molecule has 0 amide bonds. The van der Waals surface area contributed by atoms with Gasteiger partial charge in [0.05, 0.1) is 26.4 Å². The fourth-order valence-corrected chi connectivity index (χ4v) is 6.88. The Hall–Kier alpha value is 0.0300. The third-order valence-electron chi connectivity index (χ3n) is 8.36. The quantitative estimate of drug-likeness (QED) is 0.189. The first-order chi connectivity index (χ1) is 15.7. The zero-order chi connectivity index (χ0) is 24.3. The van der Waals surface area contributed by atoms with Crippen molar-refractivity contribution in [2.45, 2.75) is 97.8 Å². The number of aliphatic hydroxyl groups excluding tert-OH is 1. The van der Waals surface area contributed by atoms with Gasteiger partial charge in [-0.3, -0.25) is 4.57 Å². The molecule has 7 atom stereocenters. The average Bonchev–Trinajstić information content (AvgIpc) is 3.13. The molecule has 2 bridgehead atoms. The molecule has 0 radical (unpaired) electrons. The predicted molar refractivity (Wildman–Crippen MR) is 131 cm³/mol. The van der Waals surface area contributed by atoms with Gasteiger partial charge in [-0.15, -0.1) is 0 Å². The number of fused-ring (bicyclic) bond motifs is 2. The van der Waals surface area contributed by atoms with Crippen LogP contribution in [0.1, 0.15) is 97.8 Å². The maximum atomic E-state index is 11.9. The molecule has 6 unspecified atom stereocenters. The van der Waals surface area contributed by atoms with E-state index in [2.05, 4.69) is 13.8 Å². The minimum absolute atomic E-state index is 0.154. The molecule has 7 heteroatoms. The number of rotatable bonds is 18. The summed E-state index contributed by atoms with van der Waals surface area (Å²) in [6.45, 7) is 6.63. The van der Waals surface area contributed by atoms with E-state index in [1.165, 1.54) is 64.9 Å². The van der Waals surface area contributed by atoms with Gasteiger partial charge in [-0.05, 0) is 55.3 Å². The van der Waals surface area contributed by atoms with Crippen molar-refractivity contribution in [3.63, 3.8) is 0 Å². The van der Waals surface area contributed by atoms with Crippen molar-refractivity contribution >= 4 is 7.82 Å². The third-order valence-corrected chi connectivity index (χ3v) is 9.30. The average molecular weight is 490 g/mol. The summed E-state index contributed by atoms with van der Waals surface area (Å²) in [7, 11) is -2.84. The summed E-state index contributed by atoms with van der Waals surface area (Å²) in [4.78, 5) is 11.9. The lowest BCUT2D eigenvalue weighted by Gasteiger charge is -2.32. The standard InChI is InChI=1S/C26H51O6P/c1-21-15-25-17-24(22(21)2)16-23(25)13-11-9-7-5-6-8-10-12-14-31-33(28,29)32-20-26(3,18-27)19-30-4/h21-25,27H,5-20H2,1-4H3,(H,28,29)/p-1/t21-,22?,23?,24?,25?,26?/m1/s1. The SMILES string of the molecule is COCC(C)(CO)COP(=O)([O-])OCCCCCCCCCCC1CC2CC1C[C@@H](C)C2C. The van der Waals surface area contributed by atoms with E-state index in [1.54, 1.807) is 6.92 Å². The summed E-state index contributed by atoms with van der Waals surface area (Å²) in [6.07, 6.45) is 15.3. The first-order valence-electron chi connectivity index (χ1n) is 13.4. The van der Waals surface area contributed by atoms with Crippen LogP contribution in [0.3, 0.4) is 0 Å². The number of ether oxygens (including phenoxy) is 1. The number of hydrogen-bond donors (Lipinski definition) is 1. The highest BCUT2D eigenvalue weighted by Crippen LogP contribution is 2.52. The highest BCUT2D eigenvalue weighted by atomic mass is 31.2. The van der Waals surface area contributed by atoms with E-state index in [9.17, 15) is 14.6 Å². The zero-order valence-electron chi connectivity index (χ0n) is 21.6. The lowest BCUT2D eigenvalue weighted by atomic mass is 9.73. The van der Waals surface area contributed by atoms with Crippen LogP contribution in [0.2, 0.25) is 0 Å². The molecule has 2 aliphatic carbocycles. The summed E-state index contributed by atoms with van der Waals surface area (Å²) < 4.78 is 26.8. The fourth-order valence-electron chi connectivity index (χ4n) is 5.99. The number of phosphoric ester groups is 1. The van der Waals surface area contributed by atoms with Crippen LogP contribution < -0.4 is 4.89 Å². The van der Waals surface area contributed by atoms with Crippen LogP contribution in [0.15, 0.2) is 0 Å². The molecular weight excluding hydrogens is 439 g/mol. The summed E-state index contributed by atoms with van der Waals surface area (Å²) in [5, 5.41) is 9.38. The lowest BCUT2D eigenvalue weighted by molar-refractivity contribution is -0.228. The van der Waals surface area contributed by atoms with E-state index in [1.807, 2.05) is 0 Å². The van der Waals surface area contributed by atoms with Crippen molar-refractivity contribution in [1.29, 1.82) is 0 Å². The van der Waals surface area contributed by atoms with Gasteiger partial charge >= 0.3 is 0 Å². The smallest absolute Gasteiger partial charge is 0.267 e. The maximum absolute atomic E-state index is 11.9. The van der Waals surface area contributed by atoms with E-state index < -0.39 is 13.2 Å². The Morgan fingerprint density at radius 3 is 2.18 bits per heavy atom. The number of phosphoric acid groups is 1. The lowest BCUT2D eigenvalue weighted by Crippen LogP contribution is -2.33. The third kappa shape index (κ3) is 10.3. The molecule has 2 fully saturated rings. The Morgan fingerprint density at radius 2 is 1.55 bits per heavy atom. The molecule has 2 saturated carbocycles. The molecular formula is C26H50O6P-. The molecule has 1 N–H and O–H groups in total. The number of hydrogen-bond acceptors (Lipinski definition) is 6. The van der Waals surface area contributed by atoms with Crippen LogP contribution in [0.4, 0.5) is 0 Å². The van der Waals surface area contributed by atoms with Gasteiger partial charge < -0.3 is 23.8 Å². The topological polar surface area (TPSA) is 88.0 Å². The zero-order valence-corrected chi connectivity index (χ0v) is 22.5. The minimum Gasteiger partial charge on any atom is -0.756 e. The van der Waals surface area contributed by atoms with E-state index in [0.29, 0.717) is 6.42 Å². The van der Waals surface area contributed by atoms with Crippen LogP contribution in [0, 0.1) is 35.0 Å². The number of methoxy groups -OCH3 is 1. The van der Waals surface area contributed by atoms with Crippen LogP contribution >= 0.6 is 7.82 Å². The molecule has 6 nitrogen and oxygen atoms in total. The van der Waals surface area contributed by atoms with Gasteiger partial charge in [0, 0.05) is 12.5 Å². The van der Waals surface area contributed by atoms with Crippen molar-refractivity contribution in [3.05, 3.63) is 0 Å². The molecule has 0 aromatic rings. The van der Waals surface area contributed by atoms with Crippen molar-refractivity contribution in [2.24, 2.45) is 35.0 Å². The van der Waals surface area contributed by atoms with Crippen molar-refractivity contribution in [2.75, 3.05) is 33.5 Å². The Balaban J connectivity index is 1.42. The first kappa shape index (κ1) is 29.3. The number of unbranched alkanes of at least 4 members (excludes halogenated alkanes) is 7. The molecule has 0 saturated heterocycles. The molecule has 196 valence electrons. The second-order valence-electron chi connectivity index (χ2n) is 11.4. The van der Waals surface area contributed by atoms with Crippen molar-refractivity contribution in [1.82, 2.24) is 0 Å². The second-order valence-corrected chi connectivity index (χ2v) is 12.8. The summed E-state index contributed by atoms with van der Waals surface area (Å²) in [6, 6.07) is 0. The normalized spacial score (nSPS) is 30.8. The molecule has 0 heterocycles. The van der Waals surface area contributed by atoms with Gasteiger partial charge in [-0.25, -0.2) is 0 Å². The van der Waals surface area contributed by atoms with Crippen molar-refractivity contribution < 1.29 is 28.3 Å². The summed E-state index contributed by atoms with van der Waals surface area (Å²) >= 11 is 0. The Morgan fingerprint density at radius 1 is 0.909 bits per heavy atom. The van der Waals surface area contributed by atoms with E-state index in [-0.39, 0.29) is 26.4 Å². The predicted octanol–water partition coefficient (Wildman–Crippen LogP) is 5.96. The molecule has 0 aromatic carbocycles. The van der Waals surface area contributed by atoms with Gasteiger partial charge in [0.1, 0.15) is 0 Å². The van der Waals surface area contributed by atoms with Crippen LogP contribution in [-0.4, -0.2) is 38.6 Å². The highest BCUT2D eigenvalue weighted by molar-refractivity contribution is 7.45. The molecule has 33 heavy (non-hydrogen) atoms. The molecule has 0 spiro atoms. The van der Waals surface area contributed by atoms with Gasteiger partial charge in [0.15, 0.2) is 0 Å². The van der Waals surface area contributed by atoms with Crippen LogP contribution in [0.5, 0.6) is 0 Å². The molecule has 0 aromatic heterocycles. The largest absolute Gasteiger partial charge is 0.756 e. The summed E-state index contributed by atoms with van der Waals surface area (Å²) in [5.41, 5.74) is -0.759.